The predicted molar refractivity (Wildman–Crippen MR) is 59.4 cm³/mol. The average molecular weight is 215 g/mol. The minimum atomic E-state index is -0.235. The molecule has 4 heteroatoms. The molecule has 1 rings (SSSR count). The summed E-state index contributed by atoms with van der Waals surface area (Å²) in [7, 11) is 0. The van der Waals surface area contributed by atoms with E-state index >= 15 is 0 Å². The van der Waals surface area contributed by atoms with Crippen molar-refractivity contribution in [3.63, 3.8) is 0 Å². The molecule has 13 heavy (non-hydrogen) atoms. The van der Waals surface area contributed by atoms with Crippen LogP contribution in [0.15, 0.2) is 12.1 Å². The molecule has 1 amide bonds. The van der Waals surface area contributed by atoms with Crippen molar-refractivity contribution in [2.24, 2.45) is 0 Å². The van der Waals surface area contributed by atoms with Gasteiger partial charge in [-0.15, -0.1) is 11.3 Å². The van der Waals surface area contributed by atoms with Gasteiger partial charge in [-0.25, -0.2) is 0 Å². The number of hydrogen-bond acceptors (Lipinski definition) is 3. The van der Waals surface area contributed by atoms with E-state index in [4.69, 9.17) is 0 Å². The standard InChI is InChI=1S/C9H13NOS2/c1-6-3-4-8(13-6)5-10-9(11)7(2)12/h3-4,7,12H,5H2,1-2H3,(H,10,11). The SMILES string of the molecule is Cc1ccc(CNC(=O)C(C)S)s1. The van der Waals surface area contributed by atoms with E-state index < -0.39 is 0 Å². The number of thiol groups is 1. The van der Waals surface area contributed by atoms with Gasteiger partial charge in [0.1, 0.15) is 0 Å². The summed E-state index contributed by atoms with van der Waals surface area (Å²) < 4.78 is 0. The Hall–Kier alpha value is -0.480. The highest BCUT2D eigenvalue weighted by molar-refractivity contribution is 7.81. The minimum Gasteiger partial charge on any atom is -0.350 e. The van der Waals surface area contributed by atoms with Crippen LogP contribution in [0.1, 0.15) is 16.7 Å². The van der Waals surface area contributed by atoms with Crippen LogP contribution in [0, 0.1) is 6.92 Å². The van der Waals surface area contributed by atoms with Crippen LogP contribution >= 0.6 is 24.0 Å². The molecule has 0 bridgehead atoms. The first-order valence-corrected chi connectivity index (χ1v) is 5.44. The first-order chi connectivity index (χ1) is 6.09. The molecule has 1 heterocycles. The number of nitrogens with one attached hydrogen (secondary N) is 1. The molecule has 0 spiro atoms. The van der Waals surface area contributed by atoms with Gasteiger partial charge in [-0.2, -0.15) is 12.6 Å². The van der Waals surface area contributed by atoms with Gasteiger partial charge in [0.25, 0.3) is 0 Å². The number of thiophene rings is 1. The molecule has 0 radical (unpaired) electrons. The number of carbonyl (C=O) groups is 1. The maximum atomic E-state index is 11.1. The van der Waals surface area contributed by atoms with Crippen LogP contribution in [-0.2, 0) is 11.3 Å². The molecular formula is C9H13NOS2. The van der Waals surface area contributed by atoms with Gasteiger partial charge in [0.2, 0.25) is 5.91 Å². The maximum Gasteiger partial charge on any atom is 0.232 e. The van der Waals surface area contributed by atoms with Crippen molar-refractivity contribution in [1.82, 2.24) is 5.32 Å². The lowest BCUT2D eigenvalue weighted by Crippen LogP contribution is -2.28. The lowest BCUT2D eigenvalue weighted by atomic mass is 10.4. The summed E-state index contributed by atoms with van der Waals surface area (Å²) in [5.74, 6) is -0.0191. The zero-order valence-electron chi connectivity index (χ0n) is 7.70. The minimum absolute atomic E-state index is 0.0191. The molecule has 1 atom stereocenters. The van der Waals surface area contributed by atoms with Gasteiger partial charge >= 0.3 is 0 Å². The number of amides is 1. The summed E-state index contributed by atoms with van der Waals surface area (Å²) in [5, 5.41) is 2.57. The Bertz CT molecular complexity index is 294. The van der Waals surface area contributed by atoms with Crippen LogP contribution in [-0.4, -0.2) is 11.2 Å². The molecule has 0 saturated heterocycles. The largest absolute Gasteiger partial charge is 0.350 e. The van der Waals surface area contributed by atoms with Crippen LogP contribution in [0.5, 0.6) is 0 Å². The molecule has 0 saturated carbocycles. The highest BCUT2D eigenvalue weighted by atomic mass is 32.1. The number of aryl methyl sites for hydroxylation is 1. The topological polar surface area (TPSA) is 29.1 Å². The fourth-order valence-corrected chi connectivity index (χ4v) is 1.82. The summed E-state index contributed by atoms with van der Waals surface area (Å²) in [6.07, 6.45) is 0. The Morgan fingerprint density at radius 1 is 1.69 bits per heavy atom. The lowest BCUT2D eigenvalue weighted by molar-refractivity contribution is -0.120. The van der Waals surface area contributed by atoms with Crippen molar-refractivity contribution in [3.8, 4) is 0 Å². The third-order valence-electron chi connectivity index (χ3n) is 1.61. The van der Waals surface area contributed by atoms with E-state index in [1.807, 2.05) is 6.07 Å². The van der Waals surface area contributed by atoms with Gasteiger partial charge in [0, 0.05) is 9.75 Å². The quantitative estimate of drug-likeness (QED) is 0.742. The van der Waals surface area contributed by atoms with E-state index in [2.05, 4.69) is 30.9 Å². The second-order valence-corrected chi connectivity index (χ2v) is 5.05. The Labute approximate surface area is 87.8 Å². The molecule has 0 aliphatic carbocycles. The summed E-state index contributed by atoms with van der Waals surface area (Å²) >= 11 is 5.74. The number of carbonyl (C=O) groups excluding carboxylic acids is 1. The molecule has 0 aliphatic rings. The molecule has 1 unspecified atom stereocenters. The van der Waals surface area contributed by atoms with Crippen LogP contribution in [0.3, 0.4) is 0 Å². The van der Waals surface area contributed by atoms with Crippen molar-refractivity contribution in [3.05, 3.63) is 21.9 Å². The first-order valence-electron chi connectivity index (χ1n) is 4.10. The van der Waals surface area contributed by atoms with E-state index in [-0.39, 0.29) is 11.2 Å². The zero-order chi connectivity index (χ0) is 9.84. The summed E-state index contributed by atoms with van der Waals surface area (Å²) in [5.41, 5.74) is 0. The number of rotatable bonds is 3. The highest BCUT2D eigenvalue weighted by Crippen LogP contribution is 2.14. The van der Waals surface area contributed by atoms with Gasteiger partial charge in [-0.3, -0.25) is 4.79 Å². The second-order valence-electron chi connectivity index (χ2n) is 2.91. The Kier molecular flexibility index (Phi) is 3.81. The lowest BCUT2D eigenvalue weighted by Gasteiger charge is -2.04. The normalized spacial score (nSPS) is 12.5. The van der Waals surface area contributed by atoms with Crippen LogP contribution in [0.4, 0.5) is 0 Å². The fraction of sp³-hybridized carbons (Fsp3) is 0.444. The molecule has 72 valence electrons. The van der Waals surface area contributed by atoms with Gasteiger partial charge in [0.15, 0.2) is 0 Å². The highest BCUT2D eigenvalue weighted by Gasteiger charge is 2.06. The Morgan fingerprint density at radius 2 is 2.38 bits per heavy atom. The number of hydrogen-bond donors (Lipinski definition) is 2. The molecule has 1 N–H and O–H groups in total. The van der Waals surface area contributed by atoms with Gasteiger partial charge < -0.3 is 5.32 Å². The summed E-state index contributed by atoms with van der Waals surface area (Å²) in [6, 6.07) is 4.08. The van der Waals surface area contributed by atoms with Crippen LogP contribution in [0.2, 0.25) is 0 Å². The fourth-order valence-electron chi connectivity index (χ4n) is 0.902. The Balaban J connectivity index is 2.39. The van der Waals surface area contributed by atoms with Crippen LogP contribution < -0.4 is 5.32 Å². The maximum absolute atomic E-state index is 11.1. The van der Waals surface area contributed by atoms with E-state index in [0.29, 0.717) is 6.54 Å². The van der Waals surface area contributed by atoms with Gasteiger partial charge in [-0.1, -0.05) is 0 Å². The van der Waals surface area contributed by atoms with Crippen molar-refractivity contribution < 1.29 is 4.79 Å². The van der Waals surface area contributed by atoms with E-state index in [1.165, 1.54) is 9.75 Å². The molecule has 1 aromatic rings. The average Bonchev–Trinajstić information content (AvgIpc) is 2.47. The van der Waals surface area contributed by atoms with Gasteiger partial charge in [-0.05, 0) is 26.0 Å². The van der Waals surface area contributed by atoms with Crippen molar-refractivity contribution in [2.75, 3.05) is 0 Å². The third-order valence-corrected chi connectivity index (χ3v) is 2.85. The monoisotopic (exact) mass is 215 g/mol. The molecule has 0 fully saturated rings. The summed E-state index contributed by atoms with van der Waals surface area (Å²) in [6.45, 7) is 4.43. The van der Waals surface area contributed by atoms with Crippen molar-refractivity contribution >= 4 is 29.9 Å². The smallest absolute Gasteiger partial charge is 0.232 e. The third kappa shape index (κ3) is 3.40. The van der Waals surface area contributed by atoms with Gasteiger partial charge in [0.05, 0.1) is 11.8 Å². The Morgan fingerprint density at radius 3 is 2.85 bits per heavy atom. The summed E-state index contributed by atoms with van der Waals surface area (Å²) in [4.78, 5) is 13.6. The molecular weight excluding hydrogens is 202 g/mol. The molecule has 1 aromatic heterocycles. The van der Waals surface area contributed by atoms with E-state index in [0.717, 1.165) is 0 Å². The molecule has 0 aliphatic heterocycles. The van der Waals surface area contributed by atoms with Crippen LogP contribution in [0.25, 0.3) is 0 Å². The molecule has 0 aromatic carbocycles. The van der Waals surface area contributed by atoms with E-state index in [1.54, 1.807) is 18.3 Å². The second kappa shape index (κ2) is 4.67. The molecule has 2 nitrogen and oxygen atoms in total. The van der Waals surface area contributed by atoms with Crippen molar-refractivity contribution in [1.29, 1.82) is 0 Å². The first kappa shape index (κ1) is 10.6. The predicted octanol–water partition coefficient (Wildman–Crippen LogP) is 1.99. The zero-order valence-corrected chi connectivity index (χ0v) is 9.41. The van der Waals surface area contributed by atoms with Crippen molar-refractivity contribution in [2.45, 2.75) is 25.6 Å². The van der Waals surface area contributed by atoms with E-state index in [9.17, 15) is 4.79 Å².